The van der Waals surface area contributed by atoms with E-state index in [1.165, 1.54) is 77.0 Å². The third kappa shape index (κ3) is 36.5. The summed E-state index contributed by atoms with van der Waals surface area (Å²) in [7, 11) is 4.24. The summed E-state index contributed by atoms with van der Waals surface area (Å²) in [5.74, 6) is 0. The van der Waals surface area contributed by atoms with Crippen molar-refractivity contribution in [3.05, 3.63) is 72.9 Å². The van der Waals surface area contributed by atoms with E-state index in [2.05, 4.69) is 106 Å². The van der Waals surface area contributed by atoms with Crippen molar-refractivity contribution in [2.24, 2.45) is 0 Å². The lowest BCUT2D eigenvalue weighted by Crippen LogP contribution is -2.32. The number of nitrogens with zero attached hydrogens (tertiary/aromatic N) is 1. The van der Waals surface area contributed by atoms with Gasteiger partial charge in [-0.25, -0.2) is 0 Å². The summed E-state index contributed by atoms with van der Waals surface area (Å²) in [6.45, 7) is 7.72. The molecule has 0 fully saturated rings. The Kier molecular flexibility index (Phi) is 36.1. The smallest absolute Gasteiger partial charge is 0.0934 e. The molecule has 0 aliphatic carbocycles. The zero-order chi connectivity index (χ0) is 32.0. The first-order valence-corrected chi connectivity index (χ1v) is 18.4. The topological polar surface area (TPSA) is 21.7 Å². The van der Waals surface area contributed by atoms with Crippen molar-refractivity contribution in [2.75, 3.05) is 40.5 Å². The summed E-state index contributed by atoms with van der Waals surface area (Å²) in [6.07, 6.45) is 51.9. The minimum Gasteiger partial charge on any atom is -0.379 e. The number of ether oxygens (including phenoxy) is 2. The first-order valence-electron chi connectivity index (χ1n) is 18.4. The van der Waals surface area contributed by atoms with Crippen LogP contribution in [0.25, 0.3) is 0 Å². The van der Waals surface area contributed by atoms with Gasteiger partial charge in [-0.3, -0.25) is 0 Å². The van der Waals surface area contributed by atoms with E-state index in [1.54, 1.807) is 0 Å². The fourth-order valence-corrected chi connectivity index (χ4v) is 4.92. The molecular formula is C41H73NO2. The number of hydrogen-bond acceptors (Lipinski definition) is 3. The Morgan fingerprint density at radius 2 is 0.841 bits per heavy atom. The molecule has 0 aliphatic rings. The van der Waals surface area contributed by atoms with E-state index in [4.69, 9.17) is 9.47 Å². The van der Waals surface area contributed by atoms with Gasteiger partial charge in [0.05, 0.1) is 12.7 Å². The van der Waals surface area contributed by atoms with E-state index in [0.717, 1.165) is 71.1 Å². The molecule has 0 spiro atoms. The maximum absolute atomic E-state index is 6.21. The van der Waals surface area contributed by atoms with Crippen molar-refractivity contribution in [1.82, 2.24) is 4.90 Å². The standard InChI is InChI=1S/C41H73NO2/c1-5-7-9-11-13-15-17-19-21-23-25-27-29-31-33-35-37-43-40-41(39-42(3)4)44-38-36-34-32-30-28-26-24-22-20-18-16-14-12-10-8-6-2/h7-10,13-16,19-22,41H,5-6,11-12,17-18,23-40H2,1-4H3. The van der Waals surface area contributed by atoms with E-state index in [0.29, 0.717) is 6.61 Å². The Hall–Kier alpha value is -1.68. The fraction of sp³-hybridized carbons (Fsp3) is 0.707. The van der Waals surface area contributed by atoms with Crippen LogP contribution in [0.4, 0.5) is 0 Å². The van der Waals surface area contributed by atoms with Gasteiger partial charge in [-0.15, -0.1) is 0 Å². The predicted octanol–water partition coefficient (Wildman–Crippen LogP) is 12.1. The molecule has 254 valence electrons. The fourth-order valence-electron chi connectivity index (χ4n) is 4.92. The molecule has 0 saturated heterocycles. The highest BCUT2D eigenvalue weighted by Gasteiger charge is 2.10. The van der Waals surface area contributed by atoms with Crippen molar-refractivity contribution in [1.29, 1.82) is 0 Å². The SMILES string of the molecule is CCC=CCC=CCC=CCCCCCCCCOCC(CN(C)C)OCCCCCCCCC=CCC=CCC=CCC. The second kappa shape index (κ2) is 37.5. The van der Waals surface area contributed by atoms with E-state index in [-0.39, 0.29) is 6.10 Å². The molecular weight excluding hydrogens is 538 g/mol. The molecule has 3 nitrogen and oxygen atoms in total. The second-order valence-electron chi connectivity index (χ2n) is 12.2. The van der Waals surface area contributed by atoms with E-state index in [9.17, 15) is 0 Å². The van der Waals surface area contributed by atoms with Crippen LogP contribution < -0.4 is 0 Å². The number of unbranched alkanes of at least 4 members (excludes halogenated alkanes) is 12. The Labute approximate surface area is 275 Å². The molecule has 0 saturated carbocycles. The van der Waals surface area contributed by atoms with Crippen LogP contribution in [0.15, 0.2) is 72.9 Å². The average Bonchev–Trinajstić information content (AvgIpc) is 3.01. The van der Waals surface area contributed by atoms with Crippen LogP contribution in [0, 0.1) is 0 Å². The largest absolute Gasteiger partial charge is 0.379 e. The van der Waals surface area contributed by atoms with Gasteiger partial charge in [0, 0.05) is 19.8 Å². The zero-order valence-electron chi connectivity index (χ0n) is 29.7. The molecule has 0 bridgehead atoms. The highest BCUT2D eigenvalue weighted by Crippen LogP contribution is 2.10. The Morgan fingerprint density at radius 1 is 0.455 bits per heavy atom. The molecule has 0 rings (SSSR count). The van der Waals surface area contributed by atoms with E-state index in [1.807, 2.05) is 0 Å². The third-order valence-electron chi connectivity index (χ3n) is 7.46. The molecule has 0 N–H and O–H groups in total. The van der Waals surface area contributed by atoms with Crippen LogP contribution in [0.3, 0.4) is 0 Å². The lowest BCUT2D eigenvalue weighted by atomic mass is 10.1. The first kappa shape index (κ1) is 42.3. The molecule has 0 aromatic rings. The van der Waals surface area contributed by atoms with Gasteiger partial charge in [0.2, 0.25) is 0 Å². The second-order valence-corrected chi connectivity index (χ2v) is 12.2. The molecule has 44 heavy (non-hydrogen) atoms. The highest BCUT2D eigenvalue weighted by atomic mass is 16.5. The van der Waals surface area contributed by atoms with Gasteiger partial charge < -0.3 is 14.4 Å². The van der Waals surface area contributed by atoms with Gasteiger partial charge in [-0.2, -0.15) is 0 Å². The van der Waals surface area contributed by atoms with E-state index >= 15 is 0 Å². The van der Waals surface area contributed by atoms with Gasteiger partial charge >= 0.3 is 0 Å². The first-order chi connectivity index (χ1) is 21.7. The summed E-state index contributed by atoms with van der Waals surface area (Å²) in [6, 6.07) is 0. The summed E-state index contributed by atoms with van der Waals surface area (Å²) < 4.78 is 12.2. The van der Waals surface area contributed by atoms with Crippen molar-refractivity contribution < 1.29 is 9.47 Å². The van der Waals surface area contributed by atoms with Gasteiger partial charge in [0.1, 0.15) is 0 Å². The average molecular weight is 612 g/mol. The molecule has 0 aliphatic heterocycles. The zero-order valence-corrected chi connectivity index (χ0v) is 29.7. The Bertz CT molecular complexity index is 731. The van der Waals surface area contributed by atoms with Gasteiger partial charge in [0.25, 0.3) is 0 Å². The molecule has 0 amide bonds. The lowest BCUT2D eigenvalue weighted by molar-refractivity contribution is -0.0287. The molecule has 1 unspecified atom stereocenters. The predicted molar refractivity (Wildman–Crippen MR) is 198 cm³/mol. The van der Waals surface area contributed by atoms with Gasteiger partial charge in [0.15, 0.2) is 0 Å². The number of rotatable bonds is 33. The van der Waals surface area contributed by atoms with Crippen LogP contribution in [-0.2, 0) is 9.47 Å². The van der Waals surface area contributed by atoms with Crippen LogP contribution in [-0.4, -0.2) is 51.5 Å². The summed E-state index contributed by atoms with van der Waals surface area (Å²) >= 11 is 0. The maximum Gasteiger partial charge on any atom is 0.0934 e. The highest BCUT2D eigenvalue weighted by molar-refractivity contribution is 4.98. The van der Waals surface area contributed by atoms with Crippen molar-refractivity contribution >= 4 is 0 Å². The summed E-state index contributed by atoms with van der Waals surface area (Å²) in [4.78, 5) is 2.21. The number of hydrogen-bond donors (Lipinski definition) is 0. The normalized spacial score (nSPS) is 13.6. The van der Waals surface area contributed by atoms with Gasteiger partial charge in [-0.1, -0.05) is 138 Å². The number of likely N-dealkylation sites (N-methyl/N-ethyl adjacent to an activating group) is 1. The van der Waals surface area contributed by atoms with Gasteiger partial charge in [-0.05, 0) is 91.1 Å². The summed E-state index contributed by atoms with van der Waals surface area (Å²) in [5, 5.41) is 0. The Balaban J connectivity index is 3.61. The van der Waals surface area contributed by atoms with Crippen LogP contribution in [0.1, 0.15) is 142 Å². The maximum atomic E-state index is 6.21. The number of allylic oxidation sites excluding steroid dienone is 12. The lowest BCUT2D eigenvalue weighted by Gasteiger charge is -2.21. The van der Waals surface area contributed by atoms with Crippen molar-refractivity contribution in [3.63, 3.8) is 0 Å². The minimum atomic E-state index is 0.181. The molecule has 1 atom stereocenters. The quantitative estimate of drug-likeness (QED) is 0.0544. The Morgan fingerprint density at radius 3 is 1.30 bits per heavy atom. The van der Waals surface area contributed by atoms with Crippen molar-refractivity contribution in [3.8, 4) is 0 Å². The van der Waals surface area contributed by atoms with Crippen LogP contribution in [0.5, 0.6) is 0 Å². The molecule has 0 aromatic heterocycles. The monoisotopic (exact) mass is 612 g/mol. The molecule has 0 radical (unpaired) electrons. The molecule has 0 heterocycles. The van der Waals surface area contributed by atoms with Crippen molar-refractivity contribution in [2.45, 2.75) is 148 Å². The minimum absolute atomic E-state index is 0.181. The third-order valence-corrected chi connectivity index (χ3v) is 7.46. The molecule has 3 heteroatoms. The van der Waals surface area contributed by atoms with Crippen LogP contribution >= 0.6 is 0 Å². The summed E-state index contributed by atoms with van der Waals surface area (Å²) in [5.41, 5.74) is 0. The van der Waals surface area contributed by atoms with Crippen LogP contribution in [0.2, 0.25) is 0 Å². The van der Waals surface area contributed by atoms with E-state index < -0.39 is 0 Å². The molecule has 0 aromatic carbocycles.